The minimum atomic E-state index is -3.80. The van der Waals surface area contributed by atoms with Crippen molar-refractivity contribution in [3.05, 3.63) is 29.3 Å². The summed E-state index contributed by atoms with van der Waals surface area (Å²) >= 11 is 0. The molecule has 2 aliphatic heterocycles. The van der Waals surface area contributed by atoms with E-state index in [1.165, 1.54) is 15.0 Å². The first-order valence-corrected chi connectivity index (χ1v) is 14.7. The number of hydrogen-bond acceptors (Lipinski definition) is 6. The fourth-order valence-electron chi connectivity index (χ4n) is 4.37. The third kappa shape index (κ3) is 6.30. The van der Waals surface area contributed by atoms with Crippen LogP contribution < -0.4 is 5.32 Å². The predicted octanol–water partition coefficient (Wildman–Crippen LogP) is 1.40. The van der Waals surface area contributed by atoms with Gasteiger partial charge < -0.3 is 5.32 Å². The Bertz CT molecular complexity index is 976. The van der Waals surface area contributed by atoms with Gasteiger partial charge in [0.05, 0.1) is 10.6 Å². The van der Waals surface area contributed by atoms with E-state index in [1.54, 1.807) is 12.1 Å². The second-order valence-corrected chi connectivity index (χ2v) is 13.0. The molecule has 1 N–H and O–H groups in total. The van der Waals surface area contributed by atoms with Crippen LogP contribution in [-0.2, 0) is 20.0 Å². The van der Waals surface area contributed by atoms with Gasteiger partial charge in [-0.15, -0.1) is 0 Å². The van der Waals surface area contributed by atoms with E-state index in [9.17, 15) is 16.8 Å². The van der Waals surface area contributed by atoms with E-state index in [2.05, 4.69) is 17.1 Å². The Kier molecular flexibility index (Phi) is 8.73. The first kappa shape index (κ1) is 25.6. The van der Waals surface area contributed by atoms with Gasteiger partial charge in [0.2, 0.25) is 20.0 Å². The standard InChI is InChI=1S/C22H38N4O4S2/c1-19-7-8-22(18-20(19)2)32(29,30)26(15-14-24-11-5-4-6-21(24)3)16-17-31(27,28)25-12-9-23-10-13-25/h7-8,18,21,23H,4-6,9-17H2,1-3H3/t21-/m1/s1. The van der Waals surface area contributed by atoms with Gasteiger partial charge in [0.1, 0.15) is 0 Å². The van der Waals surface area contributed by atoms with Crippen molar-refractivity contribution in [3.63, 3.8) is 0 Å². The van der Waals surface area contributed by atoms with Crippen molar-refractivity contribution in [1.29, 1.82) is 0 Å². The lowest BCUT2D eigenvalue weighted by atomic mass is 10.0. The maximum absolute atomic E-state index is 13.5. The van der Waals surface area contributed by atoms with Gasteiger partial charge in [0, 0.05) is 51.9 Å². The Morgan fingerprint density at radius 1 is 1.00 bits per heavy atom. The van der Waals surface area contributed by atoms with Crippen molar-refractivity contribution in [2.24, 2.45) is 0 Å². The van der Waals surface area contributed by atoms with Gasteiger partial charge in [-0.2, -0.15) is 8.61 Å². The van der Waals surface area contributed by atoms with E-state index in [1.807, 2.05) is 19.9 Å². The lowest BCUT2D eigenvalue weighted by Crippen LogP contribution is -2.49. The van der Waals surface area contributed by atoms with E-state index < -0.39 is 20.0 Å². The molecule has 0 spiro atoms. The summed E-state index contributed by atoms with van der Waals surface area (Å²) < 4.78 is 55.7. The van der Waals surface area contributed by atoms with Crippen molar-refractivity contribution in [1.82, 2.24) is 18.8 Å². The number of nitrogens with zero attached hydrogens (tertiary/aromatic N) is 3. The Morgan fingerprint density at radius 3 is 2.38 bits per heavy atom. The topological polar surface area (TPSA) is 90.0 Å². The number of nitrogens with one attached hydrogen (secondary N) is 1. The summed E-state index contributed by atoms with van der Waals surface area (Å²) in [4.78, 5) is 2.55. The maximum Gasteiger partial charge on any atom is 0.243 e. The third-order valence-corrected chi connectivity index (χ3v) is 10.5. The molecular formula is C22H38N4O4S2. The smallest absolute Gasteiger partial charge is 0.243 e. The van der Waals surface area contributed by atoms with E-state index >= 15 is 0 Å². The molecule has 3 rings (SSSR count). The molecule has 10 heteroatoms. The van der Waals surface area contributed by atoms with E-state index in [4.69, 9.17) is 0 Å². The van der Waals surface area contributed by atoms with Crippen LogP contribution in [0.15, 0.2) is 23.1 Å². The molecule has 1 atom stereocenters. The van der Waals surface area contributed by atoms with Crippen LogP contribution in [0, 0.1) is 13.8 Å². The molecular weight excluding hydrogens is 448 g/mol. The van der Waals surface area contributed by atoms with E-state index in [0.717, 1.165) is 30.5 Å². The molecule has 2 fully saturated rings. The van der Waals surface area contributed by atoms with Crippen LogP contribution in [0.5, 0.6) is 0 Å². The molecule has 0 radical (unpaired) electrons. The van der Waals surface area contributed by atoms with E-state index in [0.29, 0.717) is 38.8 Å². The van der Waals surface area contributed by atoms with Gasteiger partial charge in [-0.25, -0.2) is 16.8 Å². The van der Waals surface area contributed by atoms with Crippen molar-refractivity contribution in [2.45, 2.75) is 51.0 Å². The lowest BCUT2D eigenvalue weighted by molar-refractivity contribution is 0.152. The summed E-state index contributed by atoms with van der Waals surface area (Å²) in [5, 5.41) is 3.15. The maximum atomic E-state index is 13.5. The summed E-state index contributed by atoms with van der Waals surface area (Å²) in [5.74, 6) is -0.202. The number of hydrogen-bond donors (Lipinski definition) is 1. The number of piperazine rings is 1. The first-order chi connectivity index (χ1) is 15.1. The molecule has 0 unspecified atom stereocenters. The SMILES string of the molecule is Cc1ccc(S(=O)(=O)N(CCN2CCCC[C@H]2C)CCS(=O)(=O)N2CCNCC2)cc1C. The van der Waals surface area contributed by atoms with Crippen molar-refractivity contribution in [2.75, 3.05) is 58.1 Å². The molecule has 32 heavy (non-hydrogen) atoms. The number of rotatable bonds is 9. The van der Waals surface area contributed by atoms with Gasteiger partial charge in [0.25, 0.3) is 0 Å². The average Bonchev–Trinajstić information content (AvgIpc) is 2.77. The van der Waals surface area contributed by atoms with Gasteiger partial charge in [0.15, 0.2) is 0 Å². The Labute approximate surface area is 194 Å². The number of sulfonamides is 2. The molecule has 1 aromatic rings. The summed E-state index contributed by atoms with van der Waals surface area (Å²) in [6.07, 6.45) is 3.43. The number of aryl methyl sites for hydroxylation is 2. The highest BCUT2D eigenvalue weighted by Crippen LogP contribution is 2.21. The van der Waals surface area contributed by atoms with Crippen LogP contribution in [0.1, 0.15) is 37.3 Å². The third-order valence-electron chi connectivity index (χ3n) is 6.76. The molecule has 0 aromatic heterocycles. The fourth-order valence-corrected chi connectivity index (χ4v) is 7.46. The highest BCUT2D eigenvalue weighted by molar-refractivity contribution is 7.90. The second kappa shape index (κ2) is 10.9. The zero-order chi connectivity index (χ0) is 23.4. The zero-order valence-corrected chi connectivity index (χ0v) is 21.2. The normalized spacial score (nSPS) is 21.8. The molecule has 0 bridgehead atoms. The lowest BCUT2D eigenvalue weighted by Gasteiger charge is -2.35. The van der Waals surface area contributed by atoms with Crippen LogP contribution >= 0.6 is 0 Å². The molecule has 2 aliphatic rings. The zero-order valence-electron chi connectivity index (χ0n) is 19.6. The molecule has 2 heterocycles. The second-order valence-electron chi connectivity index (χ2n) is 9.00. The van der Waals surface area contributed by atoms with Crippen LogP contribution in [0.3, 0.4) is 0 Å². The molecule has 0 saturated carbocycles. The molecule has 0 aliphatic carbocycles. The predicted molar refractivity (Wildman–Crippen MR) is 128 cm³/mol. The molecule has 8 nitrogen and oxygen atoms in total. The quantitative estimate of drug-likeness (QED) is 0.568. The number of likely N-dealkylation sites (tertiary alicyclic amines) is 1. The summed E-state index contributed by atoms with van der Waals surface area (Å²) in [6.45, 7) is 9.93. The van der Waals surface area contributed by atoms with Crippen molar-refractivity contribution >= 4 is 20.0 Å². The van der Waals surface area contributed by atoms with Gasteiger partial charge in [-0.05, 0) is 63.4 Å². The Balaban J connectivity index is 1.78. The minimum absolute atomic E-state index is 0.0380. The monoisotopic (exact) mass is 486 g/mol. The van der Waals surface area contributed by atoms with Gasteiger partial charge in [-0.3, -0.25) is 4.90 Å². The molecule has 1 aromatic carbocycles. The van der Waals surface area contributed by atoms with Crippen LogP contribution in [0.4, 0.5) is 0 Å². The summed E-state index contributed by atoms with van der Waals surface area (Å²) in [6, 6.07) is 5.54. The summed E-state index contributed by atoms with van der Waals surface area (Å²) in [5.41, 5.74) is 1.93. The van der Waals surface area contributed by atoms with Crippen LogP contribution in [-0.4, -0.2) is 94.5 Å². The molecule has 182 valence electrons. The highest BCUT2D eigenvalue weighted by atomic mass is 32.2. The number of piperidine rings is 1. The largest absolute Gasteiger partial charge is 0.314 e. The van der Waals surface area contributed by atoms with Gasteiger partial charge in [-0.1, -0.05) is 12.5 Å². The first-order valence-electron chi connectivity index (χ1n) is 11.6. The highest BCUT2D eigenvalue weighted by Gasteiger charge is 2.30. The van der Waals surface area contributed by atoms with Crippen molar-refractivity contribution < 1.29 is 16.8 Å². The van der Waals surface area contributed by atoms with E-state index in [-0.39, 0.29) is 23.7 Å². The van der Waals surface area contributed by atoms with Gasteiger partial charge >= 0.3 is 0 Å². The summed E-state index contributed by atoms with van der Waals surface area (Å²) in [7, 11) is -7.32. The fraction of sp³-hybridized carbons (Fsp3) is 0.727. The van der Waals surface area contributed by atoms with Crippen LogP contribution in [0.25, 0.3) is 0 Å². The average molecular weight is 487 g/mol. The number of benzene rings is 1. The minimum Gasteiger partial charge on any atom is -0.314 e. The van der Waals surface area contributed by atoms with Crippen molar-refractivity contribution in [3.8, 4) is 0 Å². The molecule has 2 saturated heterocycles. The van der Waals surface area contributed by atoms with Crippen LogP contribution in [0.2, 0.25) is 0 Å². The molecule has 0 amide bonds. The Hall–Kier alpha value is -1.04. The Morgan fingerprint density at radius 2 is 1.72 bits per heavy atom.